The molecule has 0 saturated carbocycles. The van der Waals surface area contributed by atoms with Crippen molar-refractivity contribution in [3.8, 4) is 0 Å². The third kappa shape index (κ3) is 3.39. The van der Waals surface area contributed by atoms with E-state index in [0.717, 1.165) is 6.42 Å². The summed E-state index contributed by atoms with van der Waals surface area (Å²) in [5, 5.41) is 19.5. The molecule has 1 aromatic rings. The van der Waals surface area contributed by atoms with Crippen molar-refractivity contribution >= 4 is 5.91 Å². The number of aliphatic hydroxyl groups is 2. The van der Waals surface area contributed by atoms with Crippen molar-refractivity contribution in [2.45, 2.75) is 25.0 Å². The summed E-state index contributed by atoms with van der Waals surface area (Å²) in [6, 6.07) is 3.15. The Kier molecular flexibility index (Phi) is 4.47. The van der Waals surface area contributed by atoms with Gasteiger partial charge in [-0.2, -0.15) is 0 Å². The summed E-state index contributed by atoms with van der Waals surface area (Å²) >= 11 is 0. The van der Waals surface area contributed by atoms with Gasteiger partial charge < -0.3 is 24.4 Å². The molecule has 0 bridgehead atoms. The first-order valence-electron chi connectivity index (χ1n) is 6.79. The summed E-state index contributed by atoms with van der Waals surface area (Å²) in [7, 11) is 3.80. The van der Waals surface area contributed by atoms with E-state index < -0.39 is 5.60 Å². The van der Waals surface area contributed by atoms with Gasteiger partial charge in [-0.3, -0.25) is 4.79 Å². The van der Waals surface area contributed by atoms with Gasteiger partial charge in [-0.25, -0.2) is 0 Å². The Morgan fingerprint density at radius 2 is 2.25 bits per heavy atom. The Labute approximate surface area is 118 Å². The number of likely N-dealkylation sites (N-methyl/N-ethyl adjacent to an activating group) is 1. The first-order valence-corrected chi connectivity index (χ1v) is 6.79. The van der Waals surface area contributed by atoms with E-state index in [1.54, 1.807) is 17.0 Å². The molecule has 1 atom stereocenters. The van der Waals surface area contributed by atoms with Crippen molar-refractivity contribution in [3.63, 3.8) is 0 Å². The fourth-order valence-electron chi connectivity index (χ4n) is 2.74. The van der Waals surface area contributed by atoms with E-state index in [2.05, 4.69) is 0 Å². The predicted octanol–water partition coefficient (Wildman–Crippen LogP) is 0.301. The van der Waals surface area contributed by atoms with Gasteiger partial charge in [-0.15, -0.1) is 0 Å². The molecule has 1 aliphatic heterocycles. The van der Waals surface area contributed by atoms with Gasteiger partial charge in [0.2, 0.25) is 0 Å². The highest BCUT2D eigenvalue weighted by atomic mass is 16.4. The molecule has 2 N–H and O–H groups in total. The van der Waals surface area contributed by atoms with Crippen LogP contribution in [0, 0.1) is 0 Å². The van der Waals surface area contributed by atoms with Crippen molar-refractivity contribution in [2.75, 3.05) is 33.7 Å². The number of carbonyl (C=O) groups excluding carboxylic acids is 1. The quantitative estimate of drug-likeness (QED) is 0.830. The van der Waals surface area contributed by atoms with E-state index in [0.29, 0.717) is 31.8 Å². The number of hydrogen-bond donors (Lipinski definition) is 2. The molecular formula is C14H22N2O4. The third-order valence-electron chi connectivity index (χ3n) is 3.48. The second-order valence-corrected chi connectivity index (χ2v) is 5.72. The first kappa shape index (κ1) is 15.0. The summed E-state index contributed by atoms with van der Waals surface area (Å²) < 4.78 is 5.26. The normalized spacial score (nSPS) is 23.4. The Bertz CT molecular complexity index is 471. The van der Waals surface area contributed by atoms with Crippen LogP contribution in [0.5, 0.6) is 0 Å². The fraction of sp³-hybridized carbons (Fsp3) is 0.643. The fourth-order valence-corrected chi connectivity index (χ4v) is 2.74. The summed E-state index contributed by atoms with van der Waals surface area (Å²) in [5.74, 6) is 0.346. The summed E-state index contributed by atoms with van der Waals surface area (Å²) in [4.78, 5) is 15.9. The number of carbonyl (C=O) groups is 1. The van der Waals surface area contributed by atoms with Gasteiger partial charge in [0.1, 0.15) is 12.4 Å². The van der Waals surface area contributed by atoms with E-state index in [-0.39, 0.29) is 18.3 Å². The second-order valence-electron chi connectivity index (χ2n) is 5.72. The Balaban J connectivity index is 2.06. The lowest BCUT2D eigenvalue weighted by Crippen LogP contribution is -2.54. The monoisotopic (exact) mass is 282 g/mol. The lowest BCUT2D eigenvalue weighted by molar-refractivity contribution is -0.0398. The van der Waals surface area contributed by atoms with Gasteiger partial charge >= 0.3 is 0 Å². The second kappa shape index (κ2) is 5.95. The molecule has 1 aromatic heterocycles. The number of aliphatic hydroxyl groups excluding tert-OH is 1. The highest BCUT2D eigenvalue weighted by Crippen LogP contribution is 2.23. The third-order valence-corrected chi connectivity index (χ3v) is 3.48. The standard InChI is InChI=1S/C14H22N2O4/c1-15(2)9-14(19)6-3-7-16(10-14)13(18)12-5-4-11(8-17)20-12/h4-5,17,19H,3,6-10H2,1-2H3. The molecule has 20 heavy (non-hydrogen) atoms. The molecule has 6 nitrogen and oxygen atoms in total. The number of piperidine rings is 1. The van der Waals surface area contributed by atoms with E-state index in [1.807, 2.05) is 19.0 Å². The van der Waals surface area contributed by atoms with E-state index >= 15 is 0 Å². The molecule has 6 heteroatoms. The van der Waals surface area contributed by atoms with Gasteiger partial charge in [0.05, 0.1) is 12.1 Å². The Morgan fingerprint density at radius 1 is 1.50 bits per heavy atom. The number of rotatable bonds is 4. The molecule has 2 heterocycles. The molecule has 0 spiro atoms. The molecule has 1 aliphatic rings. The summed E-state index contributed by atoms with van der Waals surface area (Å²) in [5.41, 5.74) is -0.871. The van der Waals surface area contributed by atoms with Crippen LogP contribution in [0.2, 0.25) is 0 Å². The van der Waals surface area contributed by atoms with Crippen LogP contribution in [0.1, 0.15) is 29.2 Å². The highest BCUT2D eigenvalue weighted by Gasteiger charge is 2.36. The van der Waals surface area contributed by atoms with Crippen molar-refractivity contribution in [3.05, 3.63) is 23.7 Å². The minimum Gasteiger partial charge on any atom is -0.453 e. The van der Waals surface area contributed by atoms with E-state index in [9.17, 15) is 9.90 Å². The zero-order chi connectivity index (χ0) is 14.8. The van der Waals surface area contributed by atoms with Gasteiger partial charge in [0.15, 0.2) is 5.76 Å². The molecule has 0 aromatic carbocycles. The maximum Gasteiger partial charge on any atom is 0.289 e. The lowest BCUT2D eigenvalue weighted by atomic mass is 9.92. The van der Waals surface area contributed by atoms with E-state index in [1.165, 1.54) is 0 Å². The number of likely N-dealkylation sites (tertiary alicyclic amines) is 1. The average Bonchev–Trinajstić information content (AvgIpc) is 2.85. The predicted molar refractivity (Wildman–Crippen MR) is 73.3 cm³/mol. The number of nitrogens with zero attached hydrogens (tertiary/aromatic N) is 2. The van der Waals surface area contributed by atoms with Gasteiger partial charge in [-0.1, -0.05) is 0 Å². The van der Waals surface area contributed by atoms with E-state index in [4.69, 9.17) is 9.52 Å². The zero-order valence-electron chi connectivity index (χ0n) is 12.0. The molecule has 112 valence electrons. The van der Waals surface area contributed by atoms with Crippen LogP contribution in [-0.2, 0) is 6.61 Å². The van der Waals surface area contributed by atoms with Crippen LogP contribution in [0.4, 0.5) is 0 Å². The molecule has 0 aliphatic carbocycles. The summed E-state index contributed by atoms with van der Waals surface area (Å²) in [6.45, 7) is 1.22. The molecule has 2 rings (SSSR count). The lowest BCUT2D eigenvalue weighted by Gasteiger charge is -2.40. The van der Waals surface area contributed by atoms with Crippen LogP contribution >= 0.6 is 0 Å². The molecule has 0 radical (unpaired) electrons. The van der Waals surface area contributed by atoms with Gasteiger partial charge in [-0.05, 0) is 39.1 Å². The van der Waals surface area contributed by atoms with Crippen molar-refractivity contribution in [1.82, 2.24) is 9.80 Å². The molecule has 1 saturated heterocycles. The SMILES string of the molecule is CN(C)CC1(O)CCCN(C(=O)c2ccc(CO)o2)C1. The highest BCUT2D eigenvalue weighted by molar-refractivity contribution is 5.91. The largest absolute Gasteiger partial charge is 0.453 e. The number of hydrogen-bond acceptors (Lipinski definition) is 5. The molecule has 1 fully saturated rings. The topological polar surface area (TPSA) is 77.2 Å². The molecule has 1 amide bonds. The maximum atomic E-state index is 12.3. The first-order chi connectivity index (χ1) is 9.43. The smallest absolute Gasteiger partial charge is 0.289 e. The van der Waals surface area contributed by atoms with Crippen molar-refractivity contribution in [1.29, 1.82) is 0 Å². The minimum absolute atomic E-state index is 0.211. The van der Waals surface area contributed by atoms with Gasteiger partial charge in [0.25, 0.3) is 5.91 Å². The Morgan fingerprint density at radius 3 is 2.85 bits per heavy atom. The molecular weight excluding hydrogens is 260 g/mol. The number of furan rings is 1. The average molecular weight is 282 g/mol. The number of β-amino-alcohol motifs (C(OH)–C–C–N with tert-alkyl or cyclic N) is 1. The van der Waals surface area contributed by atoms with Crippen LogP contribution in [0.25, 0.3) is 0 Å². The van der Waals surface area contributed by atoms with Crippen molar-refractivity contribution < 1.29 is 19.4 Å². The zero-order valence-corrected chi connectivity index (χ0v) is 12.0. The van der Waals surface area contributed by atoms with Crippen LogP contribution in [0.15, 0.2) is 16.5 Å². The van der Waals surface area contributed by atoms with Crippen LogP contribution < -0.4 is 0 Å². The summed E-state index contributed by atoms with van der Waals surface area (Å²) in [6.07, 6.45) is 1.46. The Hall–Kier alpha value is -1.37. The minimum atomic E-state index is -0.871. The number of amides is 1. The van der Waals surface area contributed by atoms with Crippen LogP contribution in [-0.4, -0.2) is 65.3 Å². The molecule has 1 unspecified atom stereocenters. The van der Waals surface area contributed by atoms with Crippen LogP contribution in [0.3, 0.4) is 0 Å². The van der Waals surface area contributed by atoms with Gasteiger partial charge in [0, 0.05) is 13.1 Å². The van der Waals surface area contributed by atoms with Crippen molar-refractivity contribution in [2.24, 2.45) is 0 Å². The maximum absolute atomic E-state index is 12.3.